The highest BCUT2D eigenvalue weighted by molar-refractivity contribution is 6.10. The Hall–Kier alpha value is -3.00. The summed E-state index contributed by atoms with van der Waals surface area (Å²) in [6.07, 6.45) is 3.22. The first kappa shape index (κ1) is 25.6. The Morgan fingerprint density at radius 1 is 1.15 bits per heavy atom. The van der Waals surface area contributed by atoms with E-state index in [-0.39, 0.29) is 23.4 Å². The SMILES string of the molecule is CCCCC1C(c2ccc(F)cc2)=NN(c2ccc(F)c(OC)c2)C1(C)C(=O)NCCCOC. The number of amides is 1. The molecule has 8 heteroatoms. The third-order valence-corrected chi connectivity index (χ3v) is 6.29. The third-order valence-electron chi connectivity index (χ3n) is 6.29. The van der Waals surface area contributed by atoms with E-state index < -0.39 is 11.4 Å². The molecular weight excluding hydrogens is 440 g/mol. The molecule has 1 amide bonds. The van der Waals surface area contributed by atoms with Crippen LogP contribution >= 0.6 is 0 Å². The number of nitrogens with one attached hydrogen (secondary N) is 1. The second-order valence-electron chi connectivity index (χ2n) is 8.57. The molecule has 0 aromatic heterocycles. The molecule has 2 aromatic rings. The summed E-state index contributed by atoms with van der Waals surface area (Å²) in [5, 5.41) is 9.56. The summed E-state index contributed by atoms with van der Waals surface area (Å²) in [5.74, 6) is -1.23. The summed E-state index contributed by atoms with van der Waals surface area (Å²) in [4.78, 5) is 13.7. The summed E-state index contributed by atoms with van der Waals surface area (Å²) in [7, 11) is 3.01. The van der Waals surface area contributed by atoms with Gasteiger partial charge < -0.3 is 14.8 Å². The maximum Gasteiger partial charge on any atom is 0.248 e. The molecule has 2 atom stereocenters. The van der Waals surface area contributed by atoms with Gasteiger partial charge in [-0.15, -0.1) is 0 Å². The van der Waals surface area contributed by atoms with Crippen LogP contribution in [0.15, 0.2) is 47.6 Å². The van der Waals surface area contributed by atoms with E-state index in [1.54, 1.807) is 36.4 Å². The fourth-order valence-electron chi connectivity index (χ4n) is 4.36. The minimum Gasteiger partial charge on any atom is -0.494 e. The topological polar surface area (TPSA) is 63.2 Å². The number of hydrazone groups is 1. The molecule has 34 heavy (non-hydrogen) atoms. The lowest BCUT2D eigenvalue weighted by Crippen LogP contribution is -2.58. The van der Waals surface area contributed by atoms with Crippen molar-refractivity contribution in [3.63, 3.8) is 0 Å². The number of benzene rings is 2. The number of methoxy groups -OCH3 is 2. The first-order valence-electron chi connectivity index (χ1n) is 11.6. The Morgan fingerprint density at radius 2 is 1.88 bits per heavy atom. The Bertz CT molecular complexity index is 1010. The molecule has 0 aliphatic carbocycles. The molecule has 0 saturated heterocycles. The van der Waals surface area contributed by atoms with Crippen molar-refractivity contribution in [2.75, 3.05) is 32.4 Å². The average molecular weight is 474 g/mol. The van der Waals surface area contributed by atoms with Crippen molar-refractivity contribution in [2.45, 2.75) is 45.1 Å². The van der Waals surface area contributed by atoms with Crippen LogP contribution in [0.4, 0.5) is 14.5 Å². The van der Waals surface area contributed by atoms with Gasteiger partial charge in [-0.05, 0) is 49.6 Å². The lowest BCUT2D eigenvalue weighted by molar-refractivity contribution is -0.126. The van der Waals surface area contributed by atoms with Crippen LogP contribution in [0.25, 0.3) is 0 Å². The Morgan fingerprint density at radius 3 is 2.53 bits per heavy atom. The maximum absolute atomic E-state index is 14.2. The molecule has 1 heterocycles. The molecule has 0 radical (unpaired) electrons. The lowest BCUT2D eigenvalue weighted by Gasteiger charge is -2.37. The molecule has 1 aliphatic rings. The van der Waals surface area contributed by atoms with E-state index in [9.17, 15) is 13.6 Å². The van der Waals surface area contributed by atoms with Gasteiger partial charge in [0.05, 0.1) is 18.5 Å². The number of carbonyl (C=O) groups is 1. The highest BCUT2D eigenvalue weighted by atomic mass is 19.1. The molecule has 2 unspecified atom stereocenters. The molecule has 184 valence electrons. The number of ether oxygens (including phenoxy) is 2. The second-order valence-corrected chi connectivity index (χ2v) is 8.57. The van der Waals surface area contributed by atoms with E-state index in [0.717, 1.165) is 18.4 Å². The maximum atomic E-state index is 14.2. The summed E-state index contributed by atoms with van der Waals surface area (Å²) >= 11 is 0. The van der Waals surface area contributed by atoms with Gasteiger partial charge in [-0.2, -0.15) is 5.10 Å². The molecule has 1 aliphatic heterocycles. The van der Waals surface area contributed by atoms with Crippen LogP contribution in [0.3, 0.4) is 0 Å². The number of carbonyl (C=O) groups excluding carboxylic acids is 1. The smallest absolute Gasteiger partial charge is 0.248 e. The van der Waals surface area contributed by atoms with Gasteiger partial charge in [-0.1, -0.05) is 31.9 Å². The quantitative estimate of drug-likeness (QED) is 0.471. The van der Waals surface area contributed by atoms with Crippen molar-refractivity contribution in [1.82, 2.24) is 5.32 Å². The number of hydrogen-bond donors (Lipinski definition) is 1. The van der Waals surface area contributed by atoms with E-state index in [1.165, 1.54) is 25.3 Å². The fourth-order valence-corrected chi connectivity index (χ4v) is 4.36. The van der Waals surface area contributed by atoms with E-state index in [4.69, 9.17) is 14.6 Å². The third kappa shape index (κ3) is 5.22. The largest absolute Gasteiger partial charge is 0.494 e. The second kappa shape index (κ2) is 11.4. The molecule has 0 fully saturated rings. The predicted molar refractivity (Wildman–Crippen MR) is 129 cm³/mol. The number of anilines is 1. The van der Waals surface area contributed by atoms with Crippen LogP contribution in [0, 0.1) is 17.6 Å². The van der Waals surface area contributed by atoms with E-state index in [0.29, 0.717) is 37.4 Å². The number of hydrogen-bond acceptors (Lipinski definition) is 5. The zero-order valence-electron chi connectivity index (χ0n) is 20.2. The highest BCUT2D eigenvalue weighted by Crippen LogP contribution is 2.42. The van der Waals surface area contributed by atoms with Crippen molar-refractivity contribution in [3.05, 3.63) is 59.7 Å². The van der Waals surface area contributed by atoms with Gasteiger partial charge in [0.15, 0.2) is 11.6 Å². The highest BCUT2D eigenvalue weighted by Gasteiger charge is 2.53. The zero-order chi connectivity index (χ0) is 24.7. The van der Waals surface area contributed by atoms with E-state index in [1.807, 2.05) is 6.92 Å². The minimum absolute atomic E-state index is 0.0656. The average Bonchev–Trinajstić information content (AvgIpc) is 3.14. The van der Waals surface area contributed by atoms with Crippen LogP contribution in [0.2, 0.25) is 0 Å². The zero-order valence-corrected chi connectivity index (χ0v) is 20.2. The van der Waals surface area contributed by atoms with Crippen molar-refractivity contribution in [2.24, 2.45) is 11.0 Å². The van der Waals surface area contributed by atoms with Crippen LogP contribution in [0.5, 0.6) is 5.75 Å². The van der Waals surface area contributed by atoms with Crippen molar-refractivity contribution >= 4 is 17.3 Å². The lowest BCUT2D eigenvalue weighted by atomic mass is 9.77. The molecule has 1 N–H and O–H groups in total. The minimum atomic E-state index is -1.09. The van der Waals surface area contributed by atoms with Gasteiger partial charge in [0.2, 0.25) is 5.91 Å². The van der Waals surface area contributed by atoms with Gasteiger partial charge in [0, 0.05) is 32.2 Å². The van der Waals surface area contributed by atoms with Gasteiger partial charge in [-0.3, -0.25) is 4.79 Å². The molecule has 3 rings (SSSR count). The summed E-state index contributed by atoms with van der Waals surface area (Å²) in [5.41, 5.74) is 0.893. The van der Waals surface area contributed by atoms with E-state index in [2.05, 4.69) is 12.2 Å². The summed E-state index contributed by atoms with van der Waals surface area (Å²) < 4.78 is 38.1. The molecule has 6 nitrogen and oxygen atoms in total. The Labute approximate surface area is 199 Å². The standard InChI is InChI=1S/C26H33F2N3O3/c1-5-6-8-21-24(18-9-11-19(27)12-10-18)30-31(20-13-14-22(28)23(17-20)34-4)26(21,2)25(32)29-15-7-16-33-3/h9-14,17,21H,5-8,15-16H2,1-4H3,(H,29,32). The molecule has 2 aromatic carbocycles. The number of nitrogens with zero attached hydrogens (tertiary/aromatic N) is 2. The molecular formula is C26H33F2N3O3. The normalized spacial score (nSPS) is 19.8. The van der Waals surface area contributed by atoms with Gasteiger partial charge >= 0.3 is 0 Å². The Balaban J connectivity index is 2.10. The van der Waals surface area contributed by atoms with Crippen LogP contribution < -0.4 is 15.1 Å². The first-order chi connectivity index (χ1) is 16.4. The molecule has 0 spiro atoms. The van der Waals surface area contributed by atoms with E-state index >= 15 is 0 Å². The summed E-state index contributed by atoms with van der Waals surface area (Å²) in [6, 6.07) is 10.6. The van der Waals surface area contributed by atoms with Crippen molar-refractivity contribution < 1.29 is 23.0 Å². The molecule has 0 bridgehead atoms. The Kier molecular flexibility index (Phi) is 8.61. The summed E-state index contributed by atoms with van der Waals surface area (Å²) in [6.45, 7) is 4.94. The van der Waals surface area contributed by atoms with Crippen molar-refractivity contribution in [3.8, 4) is 5.75 Å². The van der Waals surface area contributed by atoms with Gasteiger partial charge in [0.25, 0.3) is 0 Å². The molecule has 0 saturated carbocycles. The number of halogens is 2. The van der Waals surface area contributed by atoms with Crippen LogP contribution in [-0.4, -0.2) is 44.5 Å². The first-order valence-corrected chi connectivity index (χ1v) is 11.6. The van der Waals surface area contributed by atoms with Gasteiger partial charge in [0.1, 0.15) is 11.4 Å². The predicted octanol–water partition coefficient (Wildman–Crippen LogP) is 4.92. The number of rotatable bonds is 11. The monoisotopic (exact) mass is 473 g/mol. The van der Waals surface area contributed by atoms with Crippen LogP contribution in [-0.2, 0) is 9.53 Å². The van der Waals surface area contributed by atoms with Crippen molar-refractivity contribution in [1.29, 1.82) is 0 Å². The fraction of sp³-hybridized carbons (Fsp3) is 0.462. The van der Waals surface area contributed by atoms with Crippen LogP contribution in [0.1, 0.15) is 45.1 Å². The number of unbranched alkanes of at least 4 members (excludes halogenated alkanes) is 1. The van der Waals surface area contributed by atoms with Gasteiger partial charge in [-0.25, -0.2) is 13.8 Å².